The standard InChI is InChI=1S/C17H28O6/c1-2-19-8-9-20-10-11-21-12-13-22-14-15-23-17(18)16-6-4-3-5-7-16/h3-7,17-18H,2,8-15H2,1H3. The molecule has 1 aromatic rings. The van der Waals surface area contributed by atoms with Crippen LogP contribution in [0.4, 0.5) is 0 Å². The summed E-state index contributed by atoms with van der Waals surface area (Å²) < 4.78 is 26.4. The Balaban J connectivity index is 1.81. The first-order valence-corrected chi connectivity index (χ1v) is 8.00. The minimum atomic E-state index is -0.912. The summed E-state index contributed by atoms with van der Waals surface area (Å²) in [4.78, 5) is 0. The van der Waals surface area contributed by atoms with Crippen LogP contribution in [-0.2, 0) is 23.7 Å². The van der Waals surface area contributed by atoms with E-state index in [1.807, 2.05) is 37.3 Å². The van der Waals surface area contributed by atoms with Crippen LogP contribution in [0.25, 0.3) is 0 Å². The number of aliphatic hydroxyl groups excluding tert-OH is 1. The third kappa shape index (κ3) is 11.2. The fourth-order valence-corrected chi connectivity index (χ4v) is 1.74. The van der Waals surface area contributed by atoms with Crippen LogP contribution < -0.4 is 0 Å². The normalized spacial score (nSPS) is 12.4. The Bertz CT molecular complexity index is 359. The number of ether oxygens (including phenoxy) is 5. The molecule has 0 aromatic heterocycles. The van der Waals surface area contributed by atoms with Crippen molar-refractivity contribution >= 4 is 0 Å². The number of aliphatic hydroxyl groups is 1. The first-order valence-electron chi connectivity index (χ1n) is 8.00. The van der Waals surface area contributed by atoms with Crippen LogP contribution in [0.5, 0.6) is 0 Å². The molecule has 6 nitrogen and oxygen atoms in total. The molecule has 1 rings (SSSR count). The highest BCUT2D eigenvalue weighted by atomic mass is 16.6. The fourth-order valence-electron chi connectivity index (χ4n) is 1.74. The van der Waals surface area contributed by atoms with E-state index in [1.165, 1.54) is 0 Å². The molecule has 1 unspecified atom stereocenters. The van der Waals surface area contributed by atoms with Gasteiger partial charge in [0.2, 0.25) is 0 Å². The van der Waals surface area contributed by atoms with Gasteiger partial charge in [0, 0.05) is 12.2 Å². The van der Waals surface area contributed by atoms with Crippen LogP contribution in [0.1, 0.15) is 18.8 Å². The summed E-state index contributed by atoms with van der Waals surface area (Å²) in [5, 5.41) is 9.77. The summed E-state index contributed by atoms with van der Waals surface area (Å²) in [5.41, 5.74) is 0.736. The molecule has 1 atom stereocenters. The molecular formula is C17H28O6. The first kappa shape index (κ1) is 20.0. The van der Waals surface area contributed by atoms with E-state index in [0.717, 1.165) is 5.56 Å². The molecular weight excluding hydrogens is 300 g/mol. The van der Waals surface area contributed by atoms with E-state index < -0.39 is 6.29 Å². The van der Waals surface area contributed by atoms with Gasteiger partial charge in [-0.15, -0.1) is 0 Å². The average Bonchev–Trinajstić information content (AvgIpc) is 2.59. The molecule has 6 heteroatoms. The molecule has 0 heterocycles. The van der Waals surface area contributed by atoms with Crippen molar-refractivity contribution in [3.63, 3.8) is 0 Å². The lowest BCUT2D eigenvalue weighted by Crippen LogP contribution is -2.14. The van der Waals surface area contributed by atoms with Crippen LogP contribution in [0, 0.1) is 0 Å². The highest BCUT2D eigenvalue weighted by Crippen LogP contribution is 2.12. The molecule has 0 fully saturated rings. The lowest BCUT2D eigenvalue weighted by Gasteiger charge is -2.12. The topological polar surface area (TPSA) is 66.4 Å². The van der Waals surface area contributed by atoms with E-state index in [4.69, 9.17) is 23.7 Å². The Labute approximate surface area is 138 Å². The smallest absolute Gasteiger partial charge is 0.181 e. The van der Waals surface area contributed by atoms with Gasteiger partial charge >= 0.3 is 0 Å². The van der Waals surface area contributed by atoms with E-state index in [9.17, 15) is 5.11 Å². The van der Waals surface area contributed by atoms with Crippen LogP contribution in [-0.4, -0.2) is 64.6 Å². The van der Waals surface area contributed by atoms with Crippen molar-refractivity contribution in [3.8, 4) is 0 Å². The molecule has 0 aliphatic heterocycles. The van der Waals surface area contributed by atoms with Gasteiger partial charge in [0.25, 0.3) is 0 Å². The quantitative estimate of drug-likeness (QED) is 0.391. The van der Waals surface area contributed by atoms with Crippen LogP contribution in [0.15, 0.2) is 30.3 Å². The van der Waals surface area contributed by atoms with E-state index in [0.29, 0.717) is 59.5 Å². The monoisotopic (exact) mass is 328 g/mol. The molecule has 0 saturated carbocycles. The molecule has 132 valence electrons. The highest BCUT2D eigenvalue weighted by molar-refractivity contribution is 5.15. The molecule has 0 aliphatic carbocycles. The Morgan fingerprint density at radius 3 is 1.74 bits per heavy atom. The zero-order chi connectivity index (χ0) is 16.6. The zero-order valence-electron chi connectivity index (χ0n) is 13.8. The zero-order valence-corrected chi connectivity index (χ0v) is 13.8. The number of benzene rings is 1. The van der Waals surface area contributed by atoms with E-state index in [1.54, 1.807) is 0 Å². The molecule has 1 aromatic carbocycles. The largest absolute Gasteiger partial charge is 0.379 e. The Morgan fingerprint density at radius 2 is 1.22 bits per heavy atom. The summed E-state index contributed by atoms with van der Waals surface area (Å²) in [6.07, 6.45) is -0.912. The molecule has 0 aliphatic rings. The fraction of sp³-hybridized carbons (Fsp3) is 0.647. The van der Waals surface area contributed by atoms with E-state index in [2.05, 4.69) is 0 Å². The summed E-state index contributed by atoms with van der Waals surface area (Å²) in [6, 6.07) is 9.24. The molecule has 0 spiro atoms. The Hall–Kier alpha value is -1.02. The lowest BCUT2D eigenvalue weighted by molar-refractivity contribution is -0.117. The second kappa shape index (κ2) is 14.6. The van der Waals surface area contributed by atoms with Gasteiger partial charge in [0.05, 0.1) is 52.9 Å². The van der Waals surface area contributed by atoms with Crippen molar-refractivity contribution in [3.05, 3.63) is 35.9 Å². The van der Waals surface area contributed by atoms with Crippen molar-refractivity contribution in [1.82, 2.24) is 0 Å². The minimum absolute atomic E-state index is 0.330. The summed E-state index contributed by atoms with van der Waals surface area (Å²) in [7, 11) is 0. The van der Waals surface area contributed by atoms with Gasteiger partial charge in [-0.2, -0.15) is 0 Å². The van der Waals surface area contributed by atoms with E-state index >= 15 is 0 Å². The minimum Gasteiger partial charge on any atom is -0.379 e. The van der Waals surface area contributed by atoms with Gasteiger partial charge in [-0.05, 0) is 6.92 Å². The molecule has 1 N–H and O–H groups in total. The second-order valence-electron chi connectivity index (χ2n) is 4.67. The molecule has 0 amide bonds. The Morgan fingerprint density at radius 1 is 0.739 bits per heavy atom. The van der Waals surface area contributed by atoms with Gasteiger partial charge in [0.1, 0.15) is 0 Å². The van der Waals surface area contributed by atoms with Gasteiger partial charge in [-0.25, -0.2) is 0 Å². The lowest BCUT2D eigenvalue weighted by atomic mass is 10.2. The van der Waals surface area contributed by atoms with Crippen LogP contribution >= 0.6 is 0 Å². The summed E-state index contributed by atoms with van der Waals surface area (Å²) >= 11 is 0. The maximum atomic E-state index is 9.77. The SMILES string of the molecule is CCOCCOCCOCCOCCOC(O)c1ccccc1. The Kier molecular flexibility index (Phi) is 12.7. The third-order valence-corrected chi connectivity index (χ3v) is 2.91. The first-order chi connectivity index (χ1) is 11.3. The predicted octanol–water partition coefficient (Wildman–Crippen LogP) is 1.78. The third-order valence-electron chi connectivity index (χ3n) is 2.91. The number of hydrogen-bond acceptors (Lipinski definition) is 6. The highest BCUT2D eigenvalue weighted by Gasteiger charge is 2.05. The van der Waals surface area contributed by atoms with Crippen LogP contribution in [0.2, 0.25) is 0 Å². The van der Waals surface area contributed by atoms with Crippen molar-refractivity contribution in [2.45, 2.75) is 13.2 Å². The molecule has 0 bridgehead atoms. The van der Waals surface area contributed by atoms with Crippen molar-refractivity contribution in [1.29, 1.82) is 0 Å². The van der Waals surface area contributed by atoms with Gasteiger partial charge in [0.15, 0.2) is 6.29 Å². The predicted molar refractivity (Wildman–Crippen MR) is 86.3 cm³/mol. The second-order valence-corrected chi connectivity index (χ2v) is 4.67. The summed E-state index contributed by atoms with van der Waals surface area (Å²) in [5.74, 6) is 0. The number of rotatable bonds is 15. The van der Waals surface area contributed by atoms with Gasteiger partial charge < -0.3 is 28.8 Å². The molecule has 0 radical (unpaired) electrons. The number of hydrogen-bond donors (Lipinski definition) is 1. The van der Waals surface area contributed by atoms with E-state index in [-0.39, 0.29) is 0 Å². The maximum Gasteiger partial charge on any atom is 0.181 e. The van der Waals surface area contributed by atoms with Crippen LogP contribution in [0.3, 0.4) is 0 Å². The maximum absolute atomic E-state index is 9.77. The van der Waals surface area contributed by atoms with Crippen molar-refractivity contribution in [2.24, 2.45) is 0 Å². The van der Waals surface area contributed by atoms with Crippen molar-refractivity contribution < 1.29 is 28.8 Å². The average molecular weight is 328 g/mol. The molecule has 23 heavy (non-hydrogen) atoms. The van der Waals surface area contributed by atoms with Crippen molar-refractivity contribution in [2.75, 3.05) is 59.5 Å². The van der Waals surface area contributed by atoms with Gasteiger partial charge in [-0.1, -0.05) is 30.3 Å². The summed E-state index contributed by atoms with van der Waals surface area (Å²) in [6.45, 7) is 6.72. The van der Waals surface area contributed by atoms with Gasteiger partial charge in [-0.3, -0.25) is 0 Å². The molecule has 0 saturated heterocycles.